The molecule has 1 atom stereocenters. The maximum atomic E-state index is 3.75. The van der Waals surface area contributed by atoms with E-state index in [1.165, 1.54) is 77.2 Å². The minimum atomic E-state index is 0.594. The Kier molecular flexibility index (Phi) is 7.97. The van der Waals surface area contributed by atoms with Gasteiger partial charge >= 0.3 is 0 Å². The SMILES string of the molecule is CCCCCCCCCCNC1CCC(C)(C)C1. The van der Waals surface area contributed by atoms with E-state index in [2.05, 4.69) is 26.1 Å². The molecular weight excluding hydrogens is 218 g/mol. The highest BCUT2D eigenvalue weighted by molar-refractivity contribution is 4.86. The van der Waals surface area contributed by atoms with Crippen LogP contribution in [0.1, 0.15) is 91.4 Å². The van der Waals surface area contributed by atoms with Gasteiger partial charge in [-0.05, 0) is 37.6 Å². The second-order valence-corrected chi connectivity index (χ2v) is 7.03. The Morgan fingerprint density at radius 2 is 1.56 bits per heavy atom. The van der Waals surface area contributed by atoms with Crippen molar-refractivity contribution in [1.82, 2.24) is 5.32 Å². The van der Waals surface area contributed by atoms with Crippen LogP contribution in [0.25, 0.3) is 0 Å². The number of rotatable bonds is 10. The Hall–Kier alpha value is -0.0400. The summed E-state index contributed by atoms with van der Waals surface area (Å²) >= 11 is 0. The molecule has 0 amide bonds. The van der Waals surface area contributed by atoms with Crippen molar-refractivity contribution in [3.8, 4) is 0 Å². The quantitative estimate of drug-likeness (QED) is 0.521. The summed E-state index contributed by atoms with van der Waals surface area (Å²) in [5.41, 5.74) is 0.594. The zero-order chi connectivity index (χ0) is 13.3. The van der Waals surface area contributed by atoms with Crippen molar-refractivity contribution in [2.45, 2.75) is 97.4 Å². The van der Waals surface area contributed by atoms with Crippen LogP contribution in [0, 0.1) is 5.41 Å². The number of unbranched alkanes of at least 4 members (excludes halogenated alkanes) is 7. The third kappa shape index (κ3) is 7.41. The van der Waals surface area contributed by atoms with Gasteiger partial charge in [-0.3, -0.25) is 0 Å². The van der Waals surface area contributed by atoms with Crippen LogP contribution >= 0.6 is 0 Å². The topological polar surface area (TPSA) is 12.0 Å². The van der Waals surface area contributed by atoms with Gasteiger partial charge in [-0.25, -0.2) is 0 Å². The van der Waals surface area contributed by atoms with Crippen LogP contribution in [-0.4, -0.2) is 12.6 Å². The standard InChI is InChI=1S/C17H35N/c1-4-5-6-7-8-9-10-11-14-18-16-12-13-17(2,3)15-16/h16,18H,4-15H2,1-3H3. The Balaban J connectivity index is 1.82. The molecule has 0 aromatic heterocycles. The van der Waals surface area contributed by atoms with Crippen LogP contribution in [0.3, 0.4) is 0 Å². The summed E-state index contributed by atoms with van der Waals surface area (Å²) in [5, 5.41) is 3.75. The van der Waals surface area contributed by atoms with Gasteiger partial charge in [0.2, 0.25) is 0 Å². The maximum absolute atomic E-state index is 3.75. The van der Waals surface area contributed by atoms with Crippen molar-refractivity contribution in [2.75, 3.05) is 6.54 Å². The Morgan fingerprint density at radius 3 is 2.11 bits per heavy atom. The van der Waals surface area contributed by atoms with E-state index >= 15 is 0 Å². The molecule has 0 aliphatic heterocycles. The molecule has 1 aliphatic rings. The molecule has 0 heterocycles. The van der Waals surface area contributed by atoms with Crippen molar-refractivity contribution in [2.24, 2.45) is 5.41 Å². The zero-order valence-electron chi connectivity index (χ0n) is 13.1. The van der Waals surface area contributed by atoms with E-state index in [1.807, 2.05) is 0 Å². The number of hydrogen-bond donors (Lipinski definition) is 1. The molecule has 0 spiro atoms. The van der Waals surface area contributed by atoms with Gasteiger partial charge < -0.3 is 5.32 Å². The molecule has 0 radical (unpaired) electrons. The van der Waals surface area contributed by atoms with Crippen LogP contribution in [0.15, 0.2) is 0 Å². The molecule has 1 rings (SSSR count). The van der Waals surface area contributed by atoms with Crippen LogP contribution in [0.4, 0.5) is 0 Å². The average Bonchev–Trinajstić information content (AvgIpc) is 2.67. The van der Waals surface area contributed by atoms with Gasteiger partial charge in [0.05, 0.1) is 0 Å². The van der Waals surface area contributed by atoms with Crippen LogP contribution < -0.4 is 5.32 Å². The minimum Gasteiger partial charge on any atom is -0.314 e. The first kappa shape index (κ1) is 16.0. The second kappa shape index (κ2) is 8.96. The van der Waals surface area contributed by atoms with Crippen molar-refractivity contribution < 1.29 is 0 Å². The summed E-state index contributed by atoms with van der Waals surface area (Å²) in [7, 11) is 0. The lowest BCUT2D eigenvalue weighted by Crippen LogP contribution is -2.28. The van der Waals surface area contributed by atoms with E-state index in [1.54, 1.807) is 0 Å². The first-order chi connectivity index (χ1) is 8.64. The van der Waals surface area contributed by atoms with Crippen molar-refractivity contribution in [3.63, 3.8) is 0 Å². The summed E-state index contributed by atoms with van der Waals surface area (Å²) in [6.45, 7) is 8.35. The lowest BCUT2D eigenvalue weighted by Gasteiger charge is -2.17. The molecule has 1 N–H and O–H groups in total. The smallest absolute Gasteiger partial charge is 0.00723 e. The lowest BCUT2D eigenvalue weighted by molar-refractivity contribution is 0.363. The average molecular weight is 253 g/mol. The van der Waals surface area contributed by atoms with E-state index in [4.69, 9.17) is 0 Å². The summed E-state index contributed by atoms with van der Waals surface area (Å²) in [4.78, 5) is 0. The van der Waals surface area contributed by atoms with Crippen LogP contribution in [0.5, 0.6) is 0 Å². The van der Waals surface area contributed by atoms with E-state index in [0.29, 0.717) is 5.41 Å². The fourth-order valence-corrected chi connectivity index (χ4v) is 3.18. The monoisotopic (exact) mass is 253 g/mol. The normalized spacial score (nSPS) is 22.5. The van der Waals surface area contributed by atoms with Gasteiger partial charge in [-0.15, -0.1) is 0 Å². The lowest BCUT2D eigenvalue weighted by atomic mass is 9.92. The molecule has 0 saturated heterocycles. The summed E-state index contributed by atoms with van der Waals surface area (Å²) in [6.07, 6.45) is 15.6. The van der Waals surface area contributed by atoms with Gasteiger partial charge in [-0.2, -0.15) is 0 Å². The highest BCUT2D eigenvalue weighted by atomic mass is 14.9. The molecule has 0 aromatic carbocycles. The Bertz CT molecular complexity index is 198. The van der Waals surface area contributed by atoms with Gasteiger partial charge in [0.25, 0.3) is 0 Å². The minimum absolute atomic E-state index is 0.594. The first-order valence-corrected chi connectivity index (χ1v) is 8.37. The van der Waals surface area contributed by atoms with Crippen molar-refractivity contribution in [1.29, 1.82) is 0 Å². The third-order valence-electron chi connectivity index (χ3n) is 4.43. The molecule has 1 unspecified atom stereocenters. The molecule has 1 aliphatic carbocycles. The molecule has 0 bridgehead atoms. The van der Waals surface area contributed by atoms with Crippen molar-refractivity contribution in [3.05, 3.63) is 0 Å². The van der Waals surface area contributed by atoms with Crippen LogP contribution in [-0.2, 0) is 0 Å². The fourth-order valence-electron chi connectivity index (χ4n) is 3.18. The Labute approximate surface area is 115 Å². The molecule has 108 valence electrons. The molecule has 1 heteroatoms. The number of nitrogens with one attached hydrogen (secondary N) is 1. The highest BCUT2D eigenvalue weighted by Crippen LogP contribution is 2.36. The summed E-state index contributed by atoms with van der Waals surface area (Å²) in [5.74, 6) is 0. The van der Waals surface area contributed by atoms with Crippen LogP contribution in [0.2, 0.25) is 0 Å². The molecule has 0 aromatic rings. The van der Waals surface area contributed by atoms with E-state index in [9.17, 15) is 0 Å². The predicted octanol–water partition coefficient (Wildman–Crippen LogP) is 5.30. The van der Waals surface area contributed by atoms with E-state index in [-0.39, 0.29) is 0 Å². The predicted molar refractivity (Wildman–Crippen MR) is 82.0 cm³/mol. The van der Waals surface area contributed by atoms with Gasteiger partial charge in [-0.1, -0.05) is 65.7 Å². The maximum Gasteiger partial charge on any atom is 0.00723 e. The van der Waals surface area contributed by atoms with E-state index in [0.717, 1.165) is 6.04 Å². The van der Waals surface area contributed by atoms with Crippen molar-refractivity contribution >= 4 is 0 Å². The molecule has 1 saturated carbocycles. The fraction of sp³-hybridized carbons (Fsp3) is 1.00. The summed E-state index contributed by atoms with van der Waals surface area (Å²) in [6, 6.07) is 0.810. The molecule has 1 nitrogen and oxygen atoms in total. The van der Waals surface area contributed by atoms with E-state index < -0.39 is 0 Å². The summed E-state index contributed by atoms with van der Waals surface area (Å²) < 4.78 is 0. The highest BCUT2D eigenvalue weighted by Gasteiger charge is 2.30. The Morgan fingerprint density at radius 1 is 0.944 bits per heavy atom. The van der Waals surface area contributed by atoms with Gasteiger partial charge in [0.15, 0.2) is 0 Å². The molecular formula is C17H35N. The van der Waals surface area contributed by atoms with Gasteiger partial charge in [0.1, 0.15) is 0 Å². The zero-order valence-corrected chi connectivity index (χ0v) is 13.1. The second-order valence-electron chi connectivity index (χ2n) is 7.03. The largest absolute Gasteiger partial charge is 0.314 e. The molecule has 1 fully saturated rings. The third-order valence-corrected chi connectivity index (χ3v) is 4.43. The number of hydrogen-bond acceptors (Lipinski definition) is 1. The van der Waals surface area contributed by atoms with Gasteiger partial charge in [0, 0.05) is 6.04 Å². The molecule has 18 heavy (non-hydrogen) atoms. The first-order valence-electron chi connectivity index (χ1n) is 8.37.